The van der Waals surface area contributed by atoms with E-state index < -0.39 is 0 Å². The minimum atomic E-state index is 0.201. The van der Waals surface area contributed by atoms with Crippen LogP contribution in [0.4, 0.5) is 0 Å². The van der Waals surface area contributed by atoms with Crippen molar-refractivity contribution in [3.05, 3.63) is 34.9 Å². The maximum absolute atomic E-state index is 3.70. The lowest BCUT2D eigenvalue weighted by atomic mass is 9.87. The van der Waals surface area contributed by atoms with Crippen molar-refractivity contribution in [2.45, 2.75) is 65.6 Å². The zero-order chi connectivity index (χ0) is 15.0. The van der Waals surface area contributed by atoms with Crippen molar-refractivity contribution < 1.29 is 0 Å². The molecule has 0 aromatic heterocycles. The molecule has 0 spiro atoms. The Balaban J connectivity index is 2.25. The van der Waals surface area contributed by atoms with E-state index in [1.54, 1.807) is 0 Å². The number of nitrogens with zero attached hydrogens (tertiary/aromatic N) is 1. The van der Waals surface area contributed by atoms with Gasteiger partial charge in [-0.15, -0.1) is 0 Å². The fraction of sp³-hybridized carbons (Fsp3) is 0.667. The molecule has 2 nitrogen and oxygen atoms in total. The predicted molar refractivity (Wildman–Crippen MR) is 87.1 cm³/mol. The molecule has 0 aliphatic carbocycles. The quantitative estimate of drug-likeness (QED) is 0.905. The summed E-state index contributed by atoms with van der Waals surface area (Å²) in [5.41, 5.74) is 4.70. The molecule has 0 bridgehead atoms. The van der Waals surface area contributed by atoms with E-state index in [1.807, 2.05) is 0 Å². The number of aryl methyl sites for hydroxylation is 2. The first-order chi connectivity index (χ1) is 9.26. The maximum atomic E-state index is 3.70. The van der Waals surface area contributed by atoms with Gasteiger partial charge < -0.3 is 5.32 Å². The smallest absolute Gasteiger partial charge is 0.0307 e. The van der Waals surface area contributed by atoms with Crippen LogP contribution in [-0.2, 0) is 6.54 Å². The Morgan fingerprint density at radius 2 is 1.90 bits per heavy atom. The van der Waals surface area contributed by atoms with Crippen LogP contribution in [0, 0.1) is 13.8 Å². The van der Waals surface area contributed by atoms with Crippen LogP contribution >= 0.6 is 0 Å². The summed E-state index contributed by atoms with van der Waals surface area (Å²) in [7, 11) is 0. The molecule has 0 radical (unpaired) electrons. The van der Waals surface area contributed by atoms with Crippen LogP contribution in [0.3, 0.4) is 0 Å². The number of hydrogen-bond donors (Lipinski definition) is 1. The lowest BCUT2D eigenvalue weighted by Gasteiger charge is -2.51. The molecule has 1 heterocycles. The van der Waals surface area contributed by atoms with Gasteiger partial charge in [0, 0.05) is 30.7 Å². The number of rotatable bonds is 3. The predicted octanol–water partition coefficient (Wildman–Crippen LogP) is 3.66. The van der Waals surface area contributed by atoms with Gasteiger partial charge in [-0.05, 0) is 52.2 Å². The lowest BCUT2D eigenvalue weighted by Crippen LogP contribution is -2.66. The van der Waals surface area contributed by atoms with Crippen LogP contribution in [-0.4, -0.2) is 29.1 Å². The van der Waals surface area contributed by atoms with Crippen LogP contribution in [0.5, 0.6) is 0 Å². The SMILES string of the molecule is CCC1(C)CNC(C)(C)CN1Cc1cc(C)ccc1C. The fourth-order valence-corrected chi connectivity index (χ4v) is 3.04. The molecule has 2 rings (SSSR count). The van der Waals surface area contributed by atoms with Crippen molar-refractivity contribution in [1.29, 1.82) is 0 Å². The third-order valence-electron chi connectivity index (χ3n) is 4.92. The zero-order valence-corrected chi connectivity index (χ0v) is 14.0. The summed E-state index contributed by atoms with van der Waals surface area (Å²) in [6.07, 6.45) is 1.18. The Morgan fingerprint density at radius 3 is 2.55 bits per heavy atom. The molecular weight excluding hydrogens is 244 g/mol. The second-order valence-electron chi connectivity index (χ2n) is 7.37. The molecule has 0 amide bonds. The first kappa shape index (κ1) is 15.5. The summed E-state index contributed by atoms with van der Waals surface area (Å²) in [5.74, 6) is 0. The molecule has 1 aromatic rings. The van der Waals surface area contributed by atoms with Gasteiger partial charge in [-0.3, -0.25) is 4.90 Å². The Hall–Kier alpha value is -0.860. The van der Waals surface area contributed by atoms with Crippen molar-refractivity contribution in [2.75, 3.05) is 13.1 Å². The lowest BCUT2D eigenvalue weighted by molar-refractivity contribution is 0.0174. The fourth-order valence-electron chi connectivity index (χ4n) is 3.04. The summed E-state index contributed by atoms with van der Waals surface area (Å²) in [6.45, 7) is 16.9. The molecule has 1 N–H and O–H groups in total. The van der Waals surface area contributed by atoms with E-state index in [4.69, 9.17) is 0 Å². The van der Waals surface area contributed by atoms with Gasteiger partial charge in [-0.25, -0.2) is 0 Å². The van der Waals surface area contributed by atoms with Gasteiger partial charge >= 0.3 is 0 Å². The van der Waals surface area contributed by atoms with Crippen LogP contribution in [0.25, 0.3) is 0 Å². The highest BCUT2D eigenvalue weighted by atomic mass is 15.3. The summed E-state index contributed by atoms with van der Waals surface area (Å²) in [6, 6.07) is 6.81. The third kappa shape index (κ3) is 3.24. The largest absolute Gasteiger partial charge is 0.309 e. The first-order valence-electron chi connectivity index (χ1n) is 7.82. The summed E-state index contributed by atoms with van der Waals surface area (Å²) < 4.78 is 0. The Kier molecular flexibility index (Phi) is 4.27. The van der Waals surface area contributed by atoms with E-state index in [0.29, 0.717) is 0 Å². The van der Waals surface area contributed by atoms with Crippen LogP contribution < -0.4 is 5.32 Å². The van der Waals surface area contributed by atoms with Gasteiger partial charge in [0.2, 0.25) is 0 Å². The molecule has 112 valence electrons. The molecule has 1 saturated heterocycles. The monoisotopic (exact) mass is 274 g/mol. The topological polar surface area (TPSA) is 15.3 Å². The van der Waals surface area contributed by atoms with Gasteiger partial charge in [0.05, 0.1) is 0 Å². The molecule has 2 heteroatoms. The van der Waals surface area contributed by atoms with Crippen molar-refractivity contribution in [1.82, 2.24) is 10.2 Å². The Bertz CT molecular complexity index is 478. The minimum Gasteiger partial charge on any atom is -0.309 e. The third-order valence-corrected chi connectivity index (χ3v) is 4.92. The molecule has 20 heavy (non-hydrogen) atoms. The highest BCUT2D eigenvalue weighted by molar-refractivity contribution is 5.30. The minimum absolute atomic E-state index is 0.201. The van der Waals surface area contributed by atoms with Crippen molar-refractivity contribution in [2.24, 2.45) is 0 Å². The summed E-state index contributed by atoms with van der Waals surface area (Å²) >= 11 is 0. The molecular formula is C18H30N2. The Labute approximate surface area is 124 Å². The number of nitrogens with one attached hydrogen (secondary N) is 1. The molecule has 1 aromatic carbocycles. The van der Waals surface area contributed by atoms with Crippen LogP contribution in [0.2, 0.25) is 0 Å². The van der Waals surface area contributed by atoms with Gasteiger partial charge in [-0.2, -0.15) is 0 Å². The van der Waals surface area contributed by atoms with Crippen molar-refractivity contribution in [3.8, 4) is 0 Å². The van der Waals surface area contributed by atoms with E-state index in [0.717, 1.165) is 19.6 Å². The average Bonchev–Trinajstić information content (AvgIpc) is 2.38. The first-order valence-corrected chi connectivity index (χ1v) is 7.82. The van der Waals surface area contributed by atoms with E-state index in [1.165, 1.54) is 23.1 Å². The zero-order valence-electron chi connectivity index (χ0n) is 14.0. The van der Waals surface area contributed by atoms with E-state index in [9.17, 15) is 0 Å². The van der Waals surface area contributed by atoms with Crippen LogP contribution in [0.15, 0.2) is 18.2 Å². The van der Waals surface area contributed by atoms with Crippen molar-refractivity contribution >= 4 is 0 Å². The van der Waals surface area contributed by atoms with Gasteiger partial charge in [-0.1, -0.05) is 30.7 Å². The van der Waals surface area contributed by atoms with Gasteiger partial charge in [0.15, 0.2) is 0 Å². The van der Waals surface area contributed by atoms with E-state index in [-0.39, 0.29) is 11.1 Å². The number of hydrogen-bond acceptors (Lipinski definition) is 2. The highest BCUT2D eigenvalue weighted by Gasteiger charge is 2.39. The molecule has 1 fully saturated rings. The Morgan fingerprint density at radius 1 is 1.20 bits per heavy atom. The molecule has 1 atom stereocenters. The molecule has 1 aliphatic rings. The maximum Gasteiger partial charge on any atom is 0.0307 e. The van der Waals surface area contributed by atoms with E-state index >= 15 is 0 Å². The second kappa shape index (κ2) is 5.50. The van der Waals surface area contributed by atoms with Gasteiger partial charge in [0.1, 0.15) is 0 Å². The van der Waals surface area contributed by atoms with Crippen molar-refractivity contribution in [3.63, 3.8) is 0 Å². The molecule has 1 aliphatic heterocycles. The standard InChI is InChI=1S/C18H30N2/c1-7-18(6)12-19-17(4,5)13-20(18)11-16-10-14(2)8-9-15(16)3/h8-10,19H,7,11-13H2,1-6H3. The number of piperazine rings is 1. The molecule has 1 unspecified atom stereocenters. The molecule has 0 saturated carbocycles. The summed E-state index contributed by atoms with van der Waals surface area (Å²) in [4.78, 5) is 2.67. The van der Waals surface area contributed by atoms with Gasteiger partial charge in [0.25, 0.3) is 0 Å². The average molecular weight is 274 g/mol. The highest BCUT2D eigenvalue weighted by Crippen LogP contribution is 2.29. The summed E-state index contributed by atoms with van der Waals surface area (Å²) in [5, 5.41) is 3.70. The number of benzene rings is 1. The van der Waals surface area contributed by atoms with E-state index in [2.05, 4.69) is 70.0 Å². The normalized spacial score (nSPS) is 26.7. The van der Waals surface area contributed by atoms with Crippen LogP contribution in [0.1, 0.15) is 50.8 Å². The second-order valence-corrected chi connectivity index (χ2v) is 7.37.